The SMILES string of the molecule is CCC/C=C/C=C/C=C/C=C/C=C/CCCCCCCC(=O)OC(COCCC(C(=O)O)[N+](C)(C)C)COC(=O)CCCCCCCCCCCC/C=C/C=C/CCCCC. The van der Waals surface area contributed by atoms with Crippen LogP contribution < -0.4 is 0 Å². The molecule has 8 heteroatoms. The highest BCUT2D eigenvalue weighted by atomic mass is 16.6. The highest BCUT2D eigenvalue weighted by Crippen LogP contribution is 2.14. The van der Waals surface area contributed by atoms with E-state index in [4.69, 9.17) is 14.2 Å². The number of nitrogens with zero attached hydrogens (tertiary/aromatic N) is 1. The first-order valence-electron chi connectivity index (χ1n) is 24.2. The van der Waals surface area contributed by atoms with Crippen molar-refractivity contribution in [3.63, 3.8) is 0 Å². The number of esters is 2. The zero-order chi connectivity index (χ0) is 44.9. The molecule has 0 rings (SSSR count). The van der Waals surface area contributed by atoms with Crippen LogP contribution in [0.1, 0.15) is 181 Å². The van der Waals surface area contributed by atoms with E-state index in [1.807, 2.05) is 57.6 Å². The summed E-state index contributed by atoms with van der Waals surface area (Å²) in [5.41, 5.74) is 0. The van der Waals surface area contributed by atoms with Crippen LogP contribution in [-0.4, -0.2) is 80.6 Å². The molecule has 0 aliphatic carbocycles. The molecule has 61 heavy (non-hydrogen) atoms. The molecule has 0 saturated carbocycles. The molecule has 0 aliphatic rings. The summed E-state index contributed by atoms with van der Waals surface area (Å²) in [6.45, 7) is 4.58. The Morgan fingerprint density at radius 2 is 0.902 bits per heavy atom. The van der Waals surface area contributed by atoms with E-state index in [1.54, 1.807) is 0 Å². The summed E-state index contributed by atoms with van der Waals surface area (Å²) >= 11 is 0. The number of allylic oxidation sites excluding steroid dienone is 14. The van der Waals surface area contributed by atoms with E-state index < -0.39 is 18.1 Å². The molecule has 348 valence electrons. The minimum Gasteiger partial charge on any atom is -0.477 e. The average Bonchev–Trinajstić information content (AvgIpc) is 3.22. The van der Waals surface area contributed by atoms with Gasteiger partial charge in [-0.25, -0.2) is 4.79 Å². The maximum atomic E-state index is 12.8. The first kappa shape index (κ1) is 57.5. The fraction of sp³-hybridized carbons (Fsp3) is 0.679. The van der Waals surface area contributed by atoms with Gasteiger partial charge in [0.05, 0.1) is 34.4 Å². The van der Waals surface area contributed by atoms with Crippen LogP contribution in [0.3, 0.4) is 0 Å². The number of rotatable bonds is 42. The first-order chi connectivity index (χ1) is 29.6. The zero-order valence-corrected chi connectivity index (χ0v) is 39.6. The number of unbranched alkanes of at least 4 members (excludes halogenated alkanes) is 19. The van der Waals surface area contributed by atoms with Crippen LogP contribution in [0.4, 0.5) is 0 Å². The van der Waals surface area contributed by atoms with Crippen LogP contribution in [0.25, 0.3) is 0 Å². The summed E-state index contributed by atoms with van der Waals surface area (Å²) in [6.07, 6.45) is 56.2. The minimum atomic E-state index is -0.883. The van der Waals surface area contributed by atoms with Gasteiger partial charge in [-0.1, -0.05) is 189 Å². The van der Waals surface area contributed by atoms with Gasteiger partial charge >= 0.3 is 17.9 Å². The molecule has 0 aromatic heterocycles. The van der Waals surface area contributed by atoms with Crippen LogP contribution in [0, 0.1) is 0 Å². The summed E-state index contributed by atoms with van der Waals surface area (Å²) < 4.78 is 17.3. The molecule has 1 N–H and O–H groups in total. The molecular weight excluding hydrogens is 763 g/mol. The van der Waals surface area contributed by atoms with Gasteiger partial charge in [-0.15, -0.1) is 0 Å². The summed E-state index contributed by atoms with van der Waals surface area (Å²) in [5, 5.41) is 9.64. The lowest BCUT2D eigenvalue weighted by molar-refractivity contribution is -0.887. The van der Waals surface area contributed by atoms with Crippen molar-refractivity contribution in [2.24, 2.45) is 0 Å². The van der Waals surface area contributed by atoms with Gasteiger partial charge < -0.3 is 23.8 Å². The molecule has 0 bridgehead atoms. The number of quaternary nitrogens is 1. The largest absolute Gasteiger partial charge is 0.477 e. The van der Waals surface area contributed by atoms with Crippen molar-refractivity contribution in [2.45, 2.75) is 193 Å². The van der Waals surface area contributed by atoms with E-state index in [2.05, 4.69) is 62.5 Å². The summed E-state index contributed by atoms with van der Waals surface area (Å²) in [7, 11) is 5.51. The maximum absolute atomic E-state index is 12.8. The maximum Gasteiger partial charge on any atom is 0.362 e. The molecule has 0 radical (unpaired) electrons. The standard InChI is InChI=1S/C53H89NO7/c1-6-8-10-12-14-16-18-20-22-24-26-28-29-31-33-35-37-39-41-43-51(55)60-48-49(47-59-46-45-50(53(57)58)54(3,4)5)61-52(56)44-42-40-38-36-34-32-30-27-25-23-21-19-17-15-13-11-9-7-2/h11,13-21,23,25,27,30,49-50H,6-10,12,22,24,26,28-29,31-48H2,1-5H3/p+1/b13-11+,16-14+,17-15+,20-18+,21-19+,25-23+,30-27+. The fourth-order valence-corrected chi connectivity index (χ4v) is 6.64. The molecular formula is C53H90NO7+. The number of hydrogen-bond acceptors (Lipinski definition) is 6. The van der Waals surface area contributed by atoms with Crippen LogP contribution in [0.15, 0.2) is 85.1 Å². The third-order valence-electron chi connectivity index (χ3n) is 10.4. The van der Waals surface area contributed by atoms with Crippen molar-refractivity contribution < 1.29 is 38.2 Å². The third kappa shape index (κ3) is 41.6. The van der Waals surface area contributed by atoms with Gasteiger partial charge in [0.25, 0.3) is 0 Å². The van der Waals surface area contributed by atoms with Crippen LogP contribution in [0.5, 0.6) is 0 Å². The first-order valence-corrected chi connectivity index (χ1v) is 24.2. The predicted molar refractivity (Wildman–Crippen MR) is 256 cm³/mol. The van der Waals surface area contributed by atoms with E-state index in [9.17, 15) is 19.5 Å². The zero-order valence-electron chi connectivity index (χ0n) is 39.6. The van der Waals surface area contributed by atoms with Gasteiger partial charge in [-0.2, -0.15) is 0 Å². The number of hydrogen-bond donors (Lipinski definition) is 1. The van der Waals surface area contributed by atoms with Crippen molar-refractivity contribution in [2.75, 3.05) is 41.0 Å². The fourth-order valence-electron chi connectivity index (χ4n) is 6.64. The Kier molecular flexibility index (Phi) is 40.7. The number of carboxylic acids is 1. The number of carboxylic acid groups (broad SMARTS) is 1. The van der Waals surface area contributed by atoms with Crippen molar-refractivity contribution in [1.29, 1.82) is 0 Å². The van der Waals surface area contributed by atoms with Gasteiger partial charge in [0.1, 0.15) is 6.61 Å². The number of ether oxygens (including phenoxy) is 3. The molecule has 8 nitrogen and oxygen atoms in total. The number of carbonyl (C=O) groups excluding carboxylic acids is 2. The Balaban J connectivity index is 4.36. The molecule has 2 atom stereocenters. The monoisotopic (exact) mass is 853 g/mol. The Bertz CT molecular complexity index is 1270. The molecule has 0 aromatic rings. The quantitative estimate of drug-likeness (QED) is 0.0283. The lowest BCUT2D eigenvalue weighted by Gasteiger charge is -2.31. The van der Waals surface area contributed by atoms with E-state index in [-0.39, 0.29) is 36.2 Å². The predicted octanol–water partition coefficient (Wildman–Crippen LogP) is 13.7. The van der Waals surface area contributed by atoms with E-state index >= 15 is 0 Å². The van der Waals surface area contributed by atoms with Crippen LogP contribution in [-0.2, 0) is 28.6 Å². The van der Waals surface area contributed by atoms with Crippen LogP contribution >= 0.6 is 0 Å². The second-order valence-corrected chi connectivity index (χ2v) is 17.2. The summed E-state index contributed by atoms with van der Waals surface area (Å²) in [4.78, 5) is 37.1. The average molecular weight is 853 g/mol. The van der Waals surface area contributed by atoms with Crippen molar-refractivity contribution in [3.05, 3.63) is 85.1 Å². The highest BCUT2D eigenvalue weighted by molar-refractivity contribution is 5.72. The Labute approximate surface area is 373 Å². The Morgan fingerprint density at radius 1 is 0.492 bits per heavy atom. The topological polar surface area (TPSA) is 99.1 Å². The molecule has 0 aliphatic heterocycles. The summed E-state index contributed by atoms with van der Waals surface area (Å²) in [5.74, 6) is -1.51. The van der Waals surface area contributed by atoms with Crippen LogP contribution in [0.2, 0.25) is 0 Å². The minimum absolute atomic E-state index is 0.0448. The smallest absolute Gasteiger partial charge is 0.362 e. The van der Waals surface area contributed by atoms with Crippen molar-refractivity contribution >= 4 is 17.9 Å². The third-order valence-corrected chi connectivity index (χ3v) is 10.4. The lowest BCUT2D eigenvalue weighted by atomic mass is 10.1. The van der Waals surface area contributed by atoms with Crippen molar-refractivity contribution in [1.82, 2.24) is 0 Å². The number of aliphatic carboxylic acids is 1. The lowest BCUT2D eigenvalue weighted by Crippen LogP contribution is -2.50. The van der Waals surface area contributed by atoms with E-state index in [0.29, 0.717) is 19.3 Å². The number of likely N-dealkylation sites (N-methyl/N-ethyl adjacent to an activating group) is 1. The molecule has 0 saturated heterocycles. The normalized spacial score (nSPS) is 13.7. The van der Waals surface area contributed by atoms with Crippen molar-refractivity contribution in [3.8, 4) is 0 Å². The van der Waals surface area contributed by atoms with Gasteiger partial charge in [-0.05, 0) is 57.8 Å². The molecule has 2 unspecified atom stereocenters. The van der Waals surface area contributed by atoms with Gasteiger partial charge in [-0.3, -0.25) is 9.59 Å². The van der Waals surface area contributed by atoms with Gasteiger partial charge in [0.15, 0.2) is 12.1 Å². The summed E-state index contributed by atoms with van der Waals surface area (Å²) in [6, 6.07) is -0.625. The highest BCUT2D eigenvalue weighted by Gasteiger charge is 2.31. The molecule has 0 amide bonds. The van der Waals surface area contributed by atoms with Gasteiger partial charge in [0, 0.05) is 19.3 Å². The molecule has 0 aromatic carbocycles. The van der Waals surface area contributed by atoms with Gasteiger partial charge in [0.2, 0.25) is 0 Å². The molecule has 0 heterocycles. The second-order valence-electron chi connectivity index (χ2n) is 17.2. The molecule has 0 spiro atoms. The Hall–Kier alpha value is -3.49. The Morgan fingerprint density at radius 3 is 1.36 bits per heavy atom. The van der Waals surface area contributed by atoms with E-state index in [0.717, 1.165) is 64.2 Å². The molecule has 0 fully saturated rings. The number of carbonyl (C=O) groups is 3. The second kappa shape index (κ2) is 43.2. The van der Waals surface area contributed by atoms with E-state index in [1.165, 1.54) is 83.5 Å².